The van der Waals surface area contributed by atoms with Gasteiger partial charge >= 0.3 is 0 Å². The van der Waals surface area contributed by atoms with Crippen molar-refractivity contribution >= 4 is 5.57 Å². The number of aryl methyl sites for hydroxylation is 2. The van der Waals surface area contributed by atoms with E-state index in [0.29, 0.717) is 0 Å². The highest BCUT2D eigenvalue weighted by atomic mass is 15.1. The molecule has 0 N–H and O–H groups in total. The zero-order chi connectivity index (χ0) is 14.7. The van der Waals surface area contributed by atoms with Crippen LogP contribution in [0.3, 0.4) is 0 Å². The van der Waals surface area contributed by atoms with Crippen LogP contribution in [0.15, 0.2) is 48.5 Å². The number of aromatic nitrogens is 1. The average molecular weight is 278 g/mol. The lowest BCUT2D eigenvalue weighted by atomic mass is 10.0. The summed E-state index contributed by atoms with van der Waals surface area (Å²) < 4.78 is 0. The molecule has 21 heavy (non-hydrogen) atoms. The molecule has 0 aliphatic carbocycles. The molecule has 3 rings (SSSR count). The Balaban J connectivity index is 1.67. The molecule has 1 aromatic carbocycles. The lowest BCUT2D eigenvalue weighted by Crippen LogP contribution is -2.28. The fourth-order valence-electron chi connectivity index (χ4n) is 2.74. The largest absolute Gasteiger partial charge is 0.295 e. The summed E-state index contributed by atoms with van der Waals surface area (Å²) in [6.45, 7) is 7.35. The first-order valence-electron chi connectivity index (χ1n) is 7.62. The van der Waals surface area contributed by atoms with Crippen molar-refractivity contribution in [3.8, 4) is 0 Å². The normalized spacial score (nSPS) is 15.8. The van der Waals surface area contributed by atoms with Crippen molar-refractivity contribution < 1.29 is 0 Å². The quantitative estimate of drug-likeness (QED) is 0.844. The maximum absolute atomic E-state index is 4.72. The molecule has 2 heteroatoms. The van der Waals surface area contributed by atoms with E-state index in [-0.39, 0.29) is 0 Å². The van der Waals surface area contributed by atoms with Crippen molar-refractivity contribution in [2.75, 3.05) is 13.1 Å². The van der Waals surface area contributed by atoms with Gasteiger partial charge in [0.15, 0.2) is 0 Å². The zero-order valence-electron chi connectivity index (χ0n) is 12.8. The third-order valence-corrected chi connectivity index (χ3v) is 4.22. The van der Waals surface area contributed by atoms with E-state index in [9.17, 15) is 0 Å². The standard InChI is InChI=1S/C19H22N2/c1-15-8-9-19(20-16(15)2)18-10-12-21(13-11-18)14-17-6-4-3-5-7-17/h3-10H,11-14H2,1-2H3. The van der Waals surface area contributed by atoms with E-state index in [0.717, 1.165) is 37.4 Å². The number of rotatable bonds is 3. The van der Waals surface area contributed by atoms with Crippen molar-refractivity contribution in [2.45, 2.75) is 26.8 Å². The van der Waals surface area contributed by atoms with Gasteiger partial charge in [0.25, 0.3) is 0 Å². The van der Waals surface area contributed by atoms with Crippen molar-refractivity contribution in [2.24, 2.45) is 0 Å². The molecule has 0 radical (unpaired) electrons. The van der Waals surface area contributed by atoms with Crippen LogP contribution < -0.4 is 0 Å². The highest BCUT2D eigenvalue weighted by Gasteiger charge is 2.14. The van der Waals surface area contributed by atoms with Crippen LogP contribution >= 0.6 is 0 Å². The van der Waals surface area contributed by atoms with Gasteiger partial charge in [-0.15, -0.1) is 0 Å². The molecule has 2 nitrogen and oxygen atoms in total. The number of nitrogens with zero attached hydrogens (tertiary/aromatic N) is 2. The summed E-state index contributed by atoms with van der Waals surface area (Å²) in [5, 5.41) is 0. The Kier molecular flexibility index (Phi) is 4.16. The van der Waals surface area contributed by atoms with E-state index in [4.69, 9.17) is 4.98 Å². The first-order chi connectivity index (χ1) is 10.2. The molecule has 2 aromatic rings. The molecule has 0 spiro atoms. The zero-order valence-corrected chi connectivity index (χ0v) is 12.8. The molecule has 1 aromatic heterocycles. The van der Waals surface area contributed by atoms with Gasteiger partial charge in [-0.1, -0.05) is 42.5 Å². The monoisotopic (exact) mass is 278 g/mol. The van der Waals surface area contributed by atoms with Crippen LogP contribution in [0.4, 0.5) is 0 Å². The van der Waals surface area contributed by atoms with Crippen LogP contribution in [0.25, 0.3) is 5.57 Å². The Labute approximate surface area is 127 Å². The van der Waals surface area contributed by atoms with E-state index < -0.39 is 0 Å². The van der Waals surface area contributed by atoms with Crippen LogP contribution in [0, 0.1) is 13.8 Å². The number of pyridine rings is 1. The summed E-state index contributed by atoms with van der Waals surface area (Å²) >= 11 is 0. The van der Waals surface area contributed by atoms with Crippen molar-refractivity contribution in [3.05, 3.63) is 71.1 Å². The summed E-state index contributed by atoms with van der Waals surface area (Å²) in [5.74, 6) is 0. The summed E-state index contributed by atoms with van der Waals surface area (Å²) in [5.41, 5.74) is 6.33. The molecule has 0 bridgehead atoms. The molecule has 0 saturated heterocycles. The van der Waals surface area contributed by atoms with Gasteiger partial charge in [0.2, 0.25) is 0 Å². The summed E-state index contributed by atoms with van der Waals surface area (Å²) in [6.07, 6.45) is 3.42. The third kappa shape index (κ3) is 3.40. The second-order valence-electron chi connectivity index (χ2n) is 5.80. The van der Waals surface area contributed by atoms with Gasteiger partial charge in [0, 0.05) is 25.3 Å². The third-order valence-electron chi connectivity index (χ3n) is 4.22. The first-order valence-corrected chi connectivity index (χ1v) is 7.62. The van der Waals surface area contributed by atoms with Gasteiger partial charge in [-0.25, -0.2) is 0 Å². The molecule has 0 atom stereocenters. The van der Waals surface area contributed by atoms with E-state index >= 15 is 0 Å². The van der Waals surface area contributed by atoms with Gasteiger partial charge < -0.3 is 0 Å². The van der Waals surface area contributed by atoms with Gasteiger partial charge in [-0.3, -0.25) is 9.88 Å². The number of hydrogen-bond acceptors (Lipinski definition) is 2. The Bertz CT molecular complexity index is 644. The van der Waals surface area contributed by atoms with E-state index in [1.165, 1.54) is 16.7 Å². The van der Waals surface area contributed by atoms with Crippen LogP contribution in [0.2, 0.25) is 0 Å². The van der Waals surface area contributed by atoms with Gasteiger partial charge in [0.1, 0.15) is 0 Å². The fraction of sp³-hybridized carbons (Fsp3) is 0.316. The molecule has 1 aliphatic rings. The molecule has 0 amide bonds. The van der Waals surface area contributed by atoms with Crippen LogP contribution in [0.5, 0.6) is 0 Å². The summed E-state index contributed by atoms with van der Waals surface area (Å²) in [4.78, 5) is 7.20. The number of hydrogen-bond donors (Lipinski definition) is 0. The minimum absolute atomic E-state index is 1.01. The molecule has 0 unspecified atom stereocenters. The molecule has 0 fully saturated rings. The van der Waals surface area contributed by atoms with Crippen LogP contribution in [-0.2, 0) is 6.54 Å². The first kappa shape index (κ1) is 14.0. The van der Waals surface area contributed by atoms with Gasteiger partial charge in [-0.05, 0) is 43.0 Å². The second kappa shape index (κ2) is 6.23. The average Bonchev–Trinajstić information content (AvgIpc) is 2.52. The van der Waals surface area contributed by atoms with Crippen molar-refractivity contribution in [1.82, 2.24) is 9.88 Å². The second-order valence-corrected chi connectivity index (χ2v) is 5.80. The molecular formula is C19H22N2. The maximum atomic E-state index is 4.72. The van der Waals surface area contributed by atoms with E-state index in [2.05, 4.69) is 67.3 Å². The Morgan fingerprint density at radius 3 is 2.52 bits per heavy atom. The maximum Gasteiger partial charge on any atom is 0.0662 e. The molecule has 108 valence electrons. The highest BCUT2D eigenvalue weighted by Crippen LogP contribution is 2.22. The smallest absolute Gasteiger partial charge is 0.0662 e. The summed E-state index contributed by atoms with van der Waals surface area (Å²) in [6, 6.07) is 15.0. The van der Waals surface area contributed by atoms with Gasteiger partial charge in [0.05, 0.1) is 5.69 Å². The van der Waals surface area contributed by atoms with Crippen LogP contribution in [-0.4, -0.2) is 23.0 Å². The Hall–Kier alpha value is -1.93. The number of benzene rings is 1. The van der Waals surface area contributed by atoms with Crippen molar-refractivity contribution in [1.29, 1.82) is 0 Å². The molecule has 2 heterocycles. The van der Waals surface area contributed by atoms with Gasteiger partial charge in [-0.2, -0.15) is 0 Å². The van der Waals surface area contributed by atoms with E-state index in [1.54, 1.807) is 0 Å². The lowest BCUT2D eigenvalue weighted by molar-refractivity contribution is 0.294. The molecule has 0 saturated carbocycles. The predicted octanol–water partition coefficient (Wildman–Crippen LogP) is 3.99. The minimum Gasteiger partial charge on any atom is -0.295 e. The SMILES string of the molecule is Cc1ccc(C2=CCN(Cc3ccccc3)CC2)nc1C. The fourth-order valence-corrected chi connectivity index (χ4v) is 2.74. The predicted molar refractivity (Wildman–Crippen MR) is 88.0 cm³/mol. The molecule has 1 aliphatic heterocycles. The highest BCUT2D eigenvalue weighted by molar-refractivity contribution is 5.64. The topological polar surface area (TPSA) is 16.1 Å². The summed E-state index contributed by atoms with van der Waals surface area (Å²) in [7, 11) is 0. The Morgan fingerprint density at radius 2 is 1.86 bits per heavy atom. The van der Waals surface area contributed by atoms with Crippen molar-refractivity contribution in [3.63, 3.8) is 0 Å². The minimum atomic E-state index is 1.01. The molecular weight excluding hydrogens is 256 g/mol. The lowest BCUT2D eigenvalue weighted by Gasteiger charge is -2.26. The van der Waals surface area contributed by atoms with Crippen LogP contribution in [0.1, 0.15) is 28.9 Å². The Morgan fingerprint density at radius 1 is 1.05 bits per heavy atom. The van der Waals surface area contributed by atoms with E-state index in [1.807, 2.05) is 0 Å².